The normalized spacial score (nSPS) is 22.0. The van der Waals surface area contributed by atoms with E-state index in [1.807, 2.05) is 18.2 Å². The molecule has 3 heterocycles. The molecular weight excluding hydrogens is 435 g/mol. The minimum atomic E-state index is -1.34. The maximum Gasteiger partial charge on any atom is 0.322 e. The number of nitrogens with zero attached hydrogens (tertiary/aromatic N) is 2. The summed E-state index contributed by atoms with van der Waals surface area (Å²) in [7, 11) is 0. The Kier molecular flexibility index (Phi) is 3.71. The zero-order valence-electron chi connectivity index (χ0n) is 13.0. The average molecular weight is 448 g/mol. The molecule has 8 heteroatoms. The highest BCUT2D eigenvalue weighted by Gasteiger charge is 2.50. The molecule has 1 fully saturated rings. The van der Waals surface area contributed by atoms with Gasteiger partial charge in [0.15, 0.2) is 5.54 Å². The lowest BCUT2D eigenvalue weighted by Crippen LogP contribution is -2.52. The maximum absolute atomic E-state index is 12.8. The fourth-order valence-electron chi connectivity index (χ4n) is 3.26. The highest BCUT2D eigenvalue weighted by atomic mass is 127. The second-order valence-corrected chi connectivity index (χ2v) is 7.26. The lowest BCUT2D eigenvalue weighted by Gasteiger charge is -2.30. The van der Waals surface area contributed by atoms with Gasteiger partial charge in [0, 0.05) is 33.6 Å². The summed E-state index contributed by atoms with van der Waals surface area (Å²) in [6.07, 6.45) is 3.12. The number of carbonyl (C=O) groups excluding carboxylic acids is 3. The number of fused-ring (bicyclic) bond motifs is 1. The summed E-state index contributed by atoms with van der Waals surface area (Å²) in [6.45, 7) is 0.441. The van der Waals surface area contributed by atoms with E-state index in [4.69, 9.17) is 0 Å². The summed E-state index contributed by atoms with van der Waals surface area (Å²) >= 11 is 2.16. The lowest BCUT2D eigenvalue weighted by molar-refractivity contribution is -0.124. The highest BCUT2D eigenvalue weighted by molar-refractivity contribution is 14.1. The number of pyridine rings is 1. The topological polar surface area (TPSA) is 91.4 Å². The first-order chi connectivity index (χ1) is 12.0. The van der Waals surface area contributed by atoms with E-state index >= 15 is 0 Å². The van der Waals surface area contributed by atoms with Crippen molar-refractivity contribution in [3.05, 3.63) is 63.0 Å². The predicted octanol–water partition coefficient (Wildman–Crippen LogP) is 1.38. The van der Waals surface area contributed by atoms with E-state index in [0.29, 0.717) is 17.7 Å². The molecule has 1 aromatic carbocycles. The van der Waals surface area contributed by atoms with Crippen LogP contribution >= 0.6 is 22.6 Å². The van der Waals surface area contributed by atoms with Gasteiger partial charge in [0.25, 0.3) is 11.8 Å². The van der Waals surface area contributed by atoms with Gasteiger partial charge in [-0.1, -0.05) is 12.1 Å². The first-order valence-corrected chi connectivity index (χ1v) is 8.69. The third-order valence-electron chi connectivity index (χ3n) is 4.47. The third-order valence-corrected chi connectivity index (χ3v) is 5.15. The number of amides is 4. The molecule has 1 aromatic heterocycles. The van der Waals surface area contributed by atoms with Crippen molar-refractivity contribution < 1.29 is 14.4 Å². The summed E-state index contributed by atoms with van der Waals surface area (Å²) in [5.41, 5.74) is 0.752. The van der Waals surface area contributed by atoms with Crippen LogP contribution in [0.25, 0.3) is 0 Å². The summed E-state index contributed by atoms with van der Waals surface area (Å²) in [6, 6.07) is 8.53. The monoisotopic (exact) mass is 448 g/mol. The van der Waals surface area contributed by atoms with Crippen molar-refractivity contribution in [3.63, 3.8) is 0 Å². The third kappa shape index (κ3) is 2.56. The first-order valence-electron chi connectivity index (χ1n) is 7.61. The first kappa shape index (κ1) is 16.0. The Hall–Kier alpha value is -2.49. The zero-order chi connectivity index (χ0) is 17.6. The zero-order valence-corrected chi connectivity index (χ0v) is 15.1. The number of hydrogen-bond acceptors (Lipinski definition) is 4. The van der Waals surface area contributed by atoms with Gasteiger partial charge in [0.2, 0.25) is 0 Å². The molecule has 25 heavy (non-hydrogen) atoms. The Morgan fingerprint density at radius 1 is 1.24 bits per heavy atom. The quantitative estimate of drug-likeness (QED) is 0.549. The number of aromatic nitrogens is 1. The molecule has 2 aromatic rings. The Bertz CT molecular complexity index is 902. The van der Waals surface area contributed by atoms with Crippen LogP contribution in [-0.4, -0.2) is 34.3 Å². The average Bonchev–Trinajstić information content (AvgIpc) is 3.06. The highest BCUT2D eigenvalue weighted by Crippen LogP contribution is 2.31. The molecule has 0 saturated carbocycles. The summed E-state index contributed by atoms with van der Waals surface area (Å²) in [5, 5.41) is 4.95. The van der Waals surface area contributed by atoms with Crippen molar-refractivity contribution in [1.82, 2.24) is 20.5 Å². The SMILES string of the molecule is O=C1NC(=O)[C@](CN2Cc3ccc(I)cc3C2=O)(c2cccnc2)N1. The van der Waals surface area contributed by atoms with Crippen LogP contribution < -0.4 is 10.6 Å². The molecule has 126 valence electrons. The summed E-state index contributed by atoms with van der Waals surface area (Å²) < 4.78 is 0.973. The van der Waals surface area contributed by atoms with E-state index in [0.717, 1.165) is 9.13 Å². The Balaban J connectivity index is 1.71. The minimum Gasteiger partial charge on any atom is -0.331 e. The Labute approximate surface area is 156 Å². The number of urea groups is 1. The Morgan fingerprint density at radius 3 is 2.76 bits per heavy atom. The van der Waals surface area contributed by atoms with Gasteiger partial charge in [-0.05, 0) is 46.4 Å². The molecule has 0 unspecified atom stereocenters. The smallest absolute Gasteiger partial charge is 0.322 e. The van der Waals surface area contributed by atoms with E-state index in [1.54, 1.807) is 23.2 Å². The molecule has 0 aliphatic carbocycles. The Morgan fingerprint density at radius 2 is 2.08 bits per heavy atom. The number of rotatable bonds is 3. The predicted molar refractivity (Wildman–Crippen MR) is 96.5 cm³/mol. The molecule has 0 radical (unpaired) electrons. The van der Waals surface area contributed by atoms with Gasteiger partial charge in [-0.25, -0.2) is 4.79 Å². The van der Waals surface area contributed by atoms with Gasteiger partial charge in [0.05, 0.1) is 6.54 Å². The minimum absolute atomic E-state index is 0.0420. The molecule has 1 atom stereocenters. The fraction of sp³-hybridized carbons (Fsp3) is 0.176. The molecule has 2 aliphatic rings. The number of halogens is 1. The molecule has 0 spiro atoms. The van der Waals surface area contributed by atoms with Crippen LogP contribution in [0.1, 0.15) is 21.5 Å². The van der Waals surface area contributed by atoms with Crippen LogP contribution in [0, 0.1) is 3.57 Å². The van der Waals surface area contributed by atoms with Crippen molar-refractivity contribution in [2.45, 2.75) is 12.1 Å². The van der Waals surface area contributed by atoms with E-state index in [1.165, 1.54) is 6.20 Å². The van der Waals surface area contributed by atoms with E-state index in [9.17, 15) is 14.4 Å². The van der Waals surface area contributed by atoms with E-state index in [-0.39, 0.29) is 12.5 Å². The van der Waals surface area contributed by atoms with Crippen molar-refractivity contribution in [1.29, 1.82) is 0 Å². The van der Waals surface area contributed by atoms with Crippen LogP contribution in [0.15, 0.2) is 42.7 Å². The van der Waals surface area contributed by atoms with Gasteiger partial charge in [-0.3, -0.25) is 19.9 Å². The molecular formula is C17H13IN4O3. The van der Waals surface area contributed by atoms with Crippen molar-refractivity contribution >= 4 is 40.4 Å². The van der Waals surface area contributed by atoms with Crippen molar-refractivity contribution in [2.24, 2.45) is 0 Å². The van der Waals surface area contributed by atoms with Crippen LogP contribution in [0.4, 0.5) is 4.79 Å². The fourth-order valence-corrected chi connectivity index (χ4v) is 3.75. The molecule has 1 saturated heterocycles. The largest absolute Gasteiger partial charge is 0.331 e. The van der Waals surface area contributed by atoms with Gasteiger partial charge < -0.3 is 10.2 Å². The van der Waals surface area contributed by atoms with Crippen molar-refractivity contribution in [3.8, 4) is 0 Å². The maximum atomic E-state index is 12.8. The summed E-state index contributed by atoms with van der Waals surface area (Å²) in [4.78, 5) is 42.7. The second kappa shape index (κ2) is 5.80. The van der Waals surface area contributed by atoms with Gasteiger partial charge in [-0.2, -0.15) is 0 Å². The van der Waals surface area contributed by atoms with E-state index < -0.39 is 17.5 Å². The lowest BCUT2D eigenvalue weighted by atomic mass is 9.90. The molecule has 7 nitrogen and oxygen atoms in total. The van der Waals surface area contributed by atoms with Gasteiger partial charge >= 0.3 is 6.03 Å². The van der Waals surface area contributed by atoms with Crippen LogP contribution in [0.3, 0.4) is 0 Å². The molecule has 4 rings (SSSR count). The molecule has 4 amide bonds. The standard InChI is InChI=1S/C17H13IN4O3/c18-12-4-3-10-8-22(14(23)13(10)6-12)9-17(11-2-1-5-19-7-11)15(24)20-16(25)21-17/h1-7H,8-9H2,(H2,20,21,24,25)/t17-/m0/s1. The van der Waals surface area contributed by atoms with Crippen molar-refractivity contribution in [2.75, 3.05) is 6.54 Å². The number of imide groups is 1. The molecule has 2 N–H and O–H groups in total. The van der Waals surface area contributed by atoms with Crippen LogP contribution in [0.5, 0.6) is 0 Å². The van der Waals surface area contributed by atoms with Gasteiger partial charge in [0.1, 0.15) is 0 Å². The number of hydrogen-bond donors (Lipinski definition) is 2. The molecule has 0 bridgehead atoms. The second-order valence-electron chi connectivity index (χ2n) is 6.02. The summed E-state index contributed by atoms with van der Waals surface area (Å²) in [5.74, 6) is -0.630. The van der Waals surface area contributed by atoms with Crippen LogP contribution in [-0.2, 0) is 16.9 Å². The van der Waals surface area contributed by atoms with Gasteiger partial charge in [-0.15, -0.1) is 0 Å². The van der Waals surface area contributed by atoms with Crippen LogP contribution in [0.2, 0.25) is 0 Å². The van der Waals surface area contributed by atoms with E-state index in [2.05, 4.69) is 38.2 Å². The number of carbonyl (C=O) groups is 3. The number of nitrogens with one attached hydrogen (secondary N) is 2. The molecule has 2 aliphatic heterocycles. The number of benzene rings is 1.